The number of aromatic hydroxyl groups is 1. The number of hydrogen-bond acceptors (Lipinski definition) is 6. The summed E-state index contributed by atoms with van der Waals surface area (Å²) in [6.07, 6.45) is -1.63. The summed E-state index contributed by atoms with van der Waals surface area (Å²) in [7, 11) is 0. The van der Waals surface area contributed by atoms with E-state index < -0.39 is 39.6 Å². The van der Waals surface area contributed by atoms with E-state index in [4.69, 9.17) is 11.6 Å². The third-order valence-corrected chi connectivity index (χ3v) is 6.90. The van der Waals surface area contributed by atoms with Gasteiger partial charge >= 0.3 is 6.18 Å². The van der Waals surface area contributed by atoms with Gasteiger partial charge in [-0.25, -0.2) is 14.4 Å². The number of aryl methyl sites for hydroxylation is 1. The van der Waals surface area contributed by atoms with Crippen molar-refractivity contribution < 1.29 is 22.7 Å². The maximum Gasteiger partial charge on any atom is 0.418 e. The number of anilines is 1. The highest BCUT2D eigenvalue weighted by molar-refractivity contribution is 6.32. The zero-order chi connectivity index (χ0) is 24.6. The summed E-state index contributed by atoms with van der Waals surface area (Å²) in [6, 6.07) is 1.56. The minimum absolute atomic E-state index is 0.135. The zero-order valence-electron chi connectivity index (χ0n) is 18.7. The Morgan fingerprint density at radius 3 is 2.38 bits per heavy atom. The molecule has 2 fully saturated rings. The molecule has 0 unspecified atom stereocenters. The van der Waals surface area contributed by atoms with Gasteiger partial charge in [-0.15, -0.1) is 0 Å². The Morgan fingerprint density at radius 2 is 1.76 bits per heavy atom. The molecule has 0 spiro atoms. The normalized spacial score (nSPS) is 24.8. The Morgan fingerprint density at radius 1 is 1.12 bits per heavy atom. The average molecular weight is 496 g/mol. The maximum atomic E-state index is 15.8. The molecule has 4 heterocycles. The molecule has 2 aromatic heterocycles. The number of fused-ring (bicyclic) bond motifs is 3. The molecule has 5 rings (SSSR count). The molecule has 1 aromatic carbocycles. The van der Waals surface area contributed by atoms with Gasteiger partial charge in [0, 0.05) is 35.9 Å². The summed E-state index contributed by atoms with van der Waals surface area (Å²) < 4.78 is 57.0. The highest BCUT2D eigenvalue weighted by atomic mass is 35.5. The van der Waals surface area contributed by atoms with Gasteiger partial charge < -0.3 is 15.3 Å². The molecule has 0 aliphatic carbocycles. The lowest BCUT2D eigenvalue weighted by Gasteiger charge is -2.44. The van der Waals surface area contributed by atoms with Gasteiger partial charge in [-0.3, -0.25) is 4.98 Å². The van der Waals surface area contributed by atoms with Crippen LogP contribution in [0.5, 0.6) is 5.75 Å². The number of phenols is 1. The summed E-state index contributed by atoms with van der Waals surface area (Å²) in [5, 5.41) is 13.1. The van der Waals surface area contributed by atoms with Gasteiger partial charge in [-0.05, 0) is 45.7 Å². The number of halogens is 5. The molecule has 2 bridgehead atoms. The van der Waals surface area contributed by atoms with E-state index in [9.17, 15) is 18.3 Å². The SMILES string of the molecule is Cc1nc(N2C[C@]3(C)CC[C@](C)(C2)N3)c2cnc(-c3cc(O)cc(Cl)c3C(F)(F)F)c(F)c2n1. The Labute approximate surface area is 198 Å². The van der Waals surface area contributed by atoms with Crippen LogP contribution in [0, 0.1) is 12.7 Å². The van der Waals surface area contributed by atoms with Crippen molar-refractivity contribution in [1.82, 2.24) is 20.3 Å². The highest BCUT2D eigenvalue weighted by Crippen LogP contribution is 2.45. The van der Waals surface area contributed by atoms with Crippen LogP contribution in [-0.4, -0.2) is 44.2 Å². The van der Waals surface area contributed by atoms with Crippen molar-refractivity contribution in [1.29, 1.82) is 0 Å². The topological polar surface area (TPSA) is 74.2 Å². The van der Waals surface area contributed by atoms with Crippen LogP contribution in [0.25, 0.3) is 22.2 Å². The molecule has 34 heavy (non-hydrogen) atoms. The number of hydrogen-bond donors (Lipinski definition) is 2. The molecule has 3 aromatic rings. The highest BCUT2D eigenvalue weighted by Gasteiger charge is 2.48. The van der Waals surface area contributed by atoms with Gasteiger partial charge in [0.25, 0.3) is 0 Å². The largest absolute Gasteiger partial charge is 0.508 e. The minimum atomic E-state index is -4.89. The van der Waals surface area contributed by atoms with Crippen molar-refractivity contribution >= 4 is 28.3 Å². The Bertz CT molecular complexity index is 1320. The fraction of sp³-hybridized carbons (Fsp3) is 0.435. The van der Waals surface area contributed by atoms with Gasteiger partial charge in [0.1, 0.15) is 28.6 Å². The Hall–Kier alpha value is -2.72. The molecule has 180 valence electrons. The lowest BCUT2D eigenvalue weighted by molar-refractivity contribution is -0.137. The predicted molar refractivity (Wildman–Crippen MR) is 121 cm³/mol. The number of phenolic OH excluding ortho intramolecular Hbond substituents is 1. The van der Waals surface area contributed by atoms with Crippen molar-refractivity contribution in [3.63, 3.8) is 0 Å². The van der Waals surface area contributed by atoms with Crippen molar-refractivity contribution in [2.75, 3.05) is 18.0 Å². The smallest absolute Gasteiger partial charge is 0.418 e. The fourth-order valence-corrected chi connectivity index (χ4v) is 5.66. The number of nitrogens with zero attached hydrogens (tertiary/aromatic N) is 4. The second-order valence-electron chi connectivity index (χ2n) is 9.73. The van der Waals surface area contributed by atoms with E-state index in [-0.39, 0.29) is 22.4 Å². The number of benzene rings is 1. The van der Waals surface area contributed by atoms with Gasteiger partial charge in [-0.1, -0.05) is 11.6 Å². The number of alkyl halides is 3. The van der Waals surface area contributed by atoms with Crippen LogP contribution in [0.3, 0.4) is 0 Å². The lowest BCUT2D eigenvalue weighted by atomic mass is 9.98. The first-order chi connectivity index (χ1) is 15.8. The van der Waals surface area contributed by atoms with Crippen LogP contribution in [0.15, 0.2) is 18.3 Å². The van der Waals surface area contributed by atoms with Crippen LogP contribution >= 0.6 is 11.6 Å². The number of rotatable bonds is 2. The molecule has 0 radical (unpaired) electrons. The van der Waals surface area contributed by atoms with E-state index >= 15 is 4.39 Å². The van der Waals surface area contributed by atoms with E-state index in [2.05, 4.69) is 39.0 Å². The quantitative estimate of drug-likeness (QED) is 0.474. The van der Waals surface area contributed by atoms with Crippen molar-refractivity contribution in [3.05, 3.63) is 40.6 Å². The molecular weight excluding hydrogens is 474 g/mol. The average Bonchev–Trinajstić information content (AvgIpc) is 2.93. The van der Waals surface area contributed by atoms with Gasteiger partial charge in [0.2, 0.25) is 0 Å². The van der Waals surface area contributed by atoms with E-state index in [0.29, 0.717) is 24.3 Å². The van der Waals surface area contributed by atoms with E-state index in [1.165, 1.54) is 6.20 Å². The molecule has 2 aliphatic rings. The number of pyridine rings is 1. The van der Waals surface area contributed by atoms with Crippen LogP contribution in [0.4, 0.5) is 23.4 Å². The summed E-state index contributed by atoms with van der Waals surface area (Å²) >= 11 is 5.78. The third-order valence-electron chi connectivity index (χ3n) is 6.60. The third kappa shape index (κ3) is 3.73. The number of aromatic nitrogens is 3. The molecule has 2 N–H and O–H groups in total. The predicted octanol–water partition coefficient (Wildman–Crippen LogP) is 5.24. The van der Waals surface area contributed by atoms with Crippen LogP contribution in [0.1, 0.15) is 38.1 Å². The van der Waals surface area contributed by atoms with Crippen molar-refractivity contribution in [2.45, 2.75) is 50.9 Å². The second kappa shape index (κ2) is 7.39. The first-order valence-electron chi connectivity index (χ1n) is 10.8. The molecule has 2 saturated heterocycles. The summed E-state index contributed by atoms with van der Waals surface area (Å²) in [5.41, 5.74) is -2.94. The molecule has 11 heteroatoms. The molecule has 0 amide bonds. The summed E-state index contributed by atoms with van der Waals surface area (Å²) in [4.78, 5) is 14.9. The molecule has 6 nitrogen and oxygen atoms in total. The van der Waals surface area contributed by atoms with Crippen molar-refractivity contribution in [3.8, 4) is 17.0 Å². The second-order valence-corrected chi connectivity index (χ2v) is 10.1. The van der Waals surface area contributed by atoms with Crippen LogP contribution in [-0.2, 0) is 6.18 Å². The Kier molecular flexibility index (Phi) is 5.01. The Balaban J connectivity index is 1.70. The number of piperazine rings is 1. The van der Waals surface area contributed by atoms with Gasteiger partial charge in [0.05, 0.1) is 16.0 Å². The molecular formula is C23H22ClF4N5O. The maximum absolute atomic E-state index is 15.8. The van der Waals surface area contributed by atoms with E-state index in [0.717, 1.165) is 25.0 Å². The van der Waals surface area contributed by atoms with Gasteiger partial charge in [0.15, 0.2) is 5.82 Å². The zero-order valence-corrected chi connectivity index (χ0v) is 19.4. The molecule has 2 aliphatic heterocycles. The van der Waals surface area contributed by atoms with Crippen molar-refractivity contribution in [2.24, 2.45) is 0 Å². The minimum Gasteiger partial charge on any atom is -0.508 e. The molecule has 0 saturated carbocycles. The van der Waals surface area contributed by atoms with E-state index in [1.54, 1.807) is 6.92 Å². The lowest BCUT2D eigenvalue weighted by Crippen LogP contribution is -2.63. The first-order valence-corrected chi connectivity index (χ1v) is 11.1. The molecule has 2 atom stereocenters. The van der Waals surface area contributed by atoms with Gasteiger partial charge in [-0.2, -0.15) is 13.2 Å². The van der Waals surface area contributed by atoms with Crippen LogP contribution < -0.4 is 10.2 Å². The first kappa shape index (κ1) is 23.0. The number of nitrogens with one attached hydrogen (secondary N) is 1. The summed E-state index contributed by atoms with van der Waals surface area (Å²) in [6.45, 7) is 7.13. The monoisotopic (exact) mass is 495 g/mol. The van der Waals surface area contributed by atoms with E-state index in [1.807, 2.05) is 0 Å². The van der Waals surface area contributed by atoms with Crippen LogP contribution in [0.2, 0.25) is 5.02 Å². The fourth-order valence-electron chi connectivity index (χ4n) is 5.34. The summed E-state index contributed by atoms with van der Waals surface area (Å²) in [5.74, 6) is -0.797. The standard InChI is InChI=1S/C23H22ClF4N5O/c1-11-30-19-14(20(31-11)33-9-21(2)4-5-22(3,10-33)32-21)8-29-18(17(19)25)13-6-12(34)7-15(24)16(13)23(26,27)28/h6-8,32,34H,4-5,9-10H2,1-3H3/t21-,22+.